The molecule has 2 atom stereocenters. The predicted octanol–water partition coefficient (Wildman–Crippen LogP) is 2.13. The highest BCUT2D eigenvalue weighted by molar-refractivity contribution is 5.90. The van der Waals surface area contributed by atoms with Crippen LogP contribution in [0.5, 0.6) is 0 Å². The Morgan fingerprint density at radius 1 is 1.24 bits per heavy atom. The number of amides is 1. The second-order valence-electron chi connectivity index (χ2n) is 5.51. The van der Waals surface area contributed by atoms with Gasteiger partial charge in [-0.1, -0.05) is 30.3 Å². The lowest BCUT2D eigenvalue weighted by Crippen LogP contribution is -2.42. The first-order chi connectivity index (χ1) is 10.2. The number of carbonyl (C=O) groups is 1. The van der Waals surface area contributed by atoms with Gasteiger partial charge in [-0.25, -0.2) is 14.1 Å². The maximum atomic E-state index is 14.2. The minimum Gasteiger partial charge on any atom is -0.336 e. The van der Waals surface area contributed by atoms with Gasteiger partial charge in [0, 0.05) is 19.5 Å². The smallest absolute Gasteiger partial charge is 0.293 e. The number of halogens is 1. The van der Waals surface area contributed by atoms with Crippen molar-refractivity contribution in [1.82, 2.24) is 19.7 Å². The molecule has 0 aliphatic carbocycles. The molecule has 6 heteroatoms. The zero-order valence-corrected chi connectivity index (χ0v) is 11.4. The molecule has 0 radical (unpaired) electrons. The molecule has 0 N–H and O–H groups in total. The van der Waals surface area contributed by atoms with Crippen molar-refractivity contribution in [3.63, 3.8) is 0 Å². The quantitative estimate of drug-likeness (QED) is 0.849. The van der Waals surface area contributed by atoms with E-state index in [1.165, 1.54) is 0 Å². The minimum absolute atomic E-state index is 0.119. The number of likely N-dealkylation sites (tertiary alicyclic amines) is 1. The predicted molar refractivity (Wildman–Crippen MR) is 73.6 cm³/mol. The topological polar surface area (TPSA) is 51.0 Å². The Kier molecular flexibility index (Phi) is 2.77. The second kappa shape index (κ2) is 4.65. The molecule has 0 bridgehead atoms. The molecule has 1 aromatic carbocycles. The summed E-state index contributed by atoms with van der Waals surface area (Å²) in [6.07, 6.45) is 0.176. The van der Waals surface area contributed by atoms with E-state index in [0.717, 1.165) is 25.1 Å². The first-order valence-electron chi connectivity index (χ1n) is 7.19. The van der Waals surface area contributed by atoms with E-state index in [2.05, 4.69) is 10.1 Å². The lowest BCUT2D eigenvalue weighted by atomic mass is 10.0. The van der Waals surface area contributed by atoms with Crippen LogP contribution in [0.25, 0.3) is 0 Å². The van der Waals surface area contributed by atoms with E-state index < -0.39 is 6.17 Å². The van der Waals surface area contributed by atoms with Crippen LogP contribution in [0.2, 0.25) is 0 Å². The highest BCUT2D eigenvalue weighted by Gasteiger charge is 2.37. The largest absolute Gasteiger partial charge is 0.336 e. The maximum absolute atomic E-state index is 14.2. The molecule has 108 valence electrons. The number of benzene rings is 1. The Bertz CT molecular complexity index is 680. The summed E-state index contributed by atoms with van der Waals surface area (Å²) in [4.78, 5) is 18.0. The van der Waals surface area contributed by atoms with Crippen LogP contribution in [0.3, 0.4) is 0 Å². The molecular weight excluding hydrogens is 271 g/mol. The summed E-state index contributed by atoms with van der Waals surface area (Å²) in [7, 11) is 0. The molecule has 1 saturated heterocycles. The Labute approximate surface area is 121 Å². The molecule has 2 aliphatic heterocycles. The first-order valence-corrected chi connectivity index (χ1v) is 7.19. The fourth-order valence-electron chi connectivity index (χ4n) is 2.88. The van der Waals surface area contributed by atoms with Crippen LogP contribution >= 0.6 is 0 Å². The standard InChI is InChI=1S/C15H15FN4O/c16-11-9-12(10-5-2-1-3-6-10)20-14(11)17-13(18-20)15(21)19-7-4-8-19/h1-3,5-6,11-12H,4,7-9H2. The number of carbonyl (C=O) groups excluding carboxylic acids is 1. The van der Waals surface area contributed by atoms with Gasteiger partial charge in [-0.2, -0.15) is 0 Å². The molecule has 1 amide bonds. The Balaban J connectivity index is 1.69. The third-order valence-corrected chi connectivity index (χ3v) is 4.18. The number of hydrogen-bond donors (Lipinski definition) is 0. The zero-order valence-electron chi connectivity index (χ0n) is 11.4. The Morgan fingerprint density at radius 3 is 2.67 bits per heavy atom. The van der Waals surface area contributed by atoms with Gasteiger partial charge in [0.25, 0.3) is 5.91 Å². The highest BCUT2D eigenvalue weighted by Crippen LogP contribution is 2.39. The average Bonchev–Trinajstić information content (AvgIpc) is 2.99. The fourth-order valence-corrected chi connectivity index (χ4v) is 2.88. The Hall–Kier alpha value is -2.24. The highest BCUT2D eigenvalue weighted by atomic mass is 19.1. The van der Waals surface area contributed by atoms with Crippen molar-refractivity contribution in [3.05, 3.63) is 47.5 Å². The van der Waals surface area contributed by atoms with Gasteiger partial charge in [0.2, 0.25) is 5.82 Å². The first kappa shape index (κ1) is 12.5. The number of alkyl halides is 1. The van der Waals surface area contributed by atoms with Crippen LogP contribution < -0.4 is 0 Å². The van der Waals surface area contributed by atoms with Gasteiger partial charge in [-0.3, -0.25) is 4.79 Å². The summed E-state index contributed by atoms with van der Waals surface area (Å²) < 4.78 is 15.8. The van der Waals surface area contributed by atoms with Gasteiger partial charge >= 0.3 is 0 Å². The fraction of sp³-hybridized carbons (Fsp3) is 0.400. The van der Waals surface area contributed by atoms with Crippen LogP contribution in [0.15, 0.2) is 30.3 Å². The number of hydrogen-bond acceptors (Lipinski definition) is 3. The van der Waals surface area contributed by atoms with Crippen LogP contribution in [0, 0.1) is 0 Å². The van der Waals surface area contributed by atoms with Crippen molar-refractivity contribution in [2.75, 3.05) is 13.1 Å². The molecular formula is C15H15FN4O. The summed E-state index contributed by atoms with van der Waals surface area (Å²) >= 11 is 0. The summed E-state index contributed by atoms with van der Waals surface area (Å²) in [6, 6.07) is 9.48. The summed E-state index contributed by atoms with van der Waals surface area (Å²) in [5, 5.41) is 4.28. The van der Waals surface area contributed by atoms with E-state index in [1.54, 1.807) is 9.58 Å². The molecule has 0 spiro atoms. The van der Waals surface area contributed by atoms with Crippen molar-refractivity contribution in [2.24, 2.45) is 0 Å². The van der Waals surface area contributed by atoms with Crippen LogP contribution in [-0.4, -0.2) is 38.7 Å². The number of nitrogens with zero attached hydrogens (tertiary/aromatic N) is 4. The molecule has 4 rings (SSSR count). The van der Waals surface area contributed by atoms with Crippen molar-refractivity contribution < 1.29 is 9.18 Å². The number of fused-ring (bicyclic) bond motifs is 1. The molecule has 3 heterocycles. The third-order valence-electron chi connectivity index (χ3n) is 4.18. The van der Waals surface area contributed by atoms with Crippen LogP contribution in [0.4, 0.5) is 4.39 Å². The minimum atomic E-state index is -1.17. The molecule has 5 nitrogen and oxygen atoms in total. The third kappa shape index (κ3) is 1.93. The number of rotatable bonds is 2. The lowest BCUT2D eigenvalue weighted by molar-refractivity contribution is 0.0638. The van der Waals surface area contributed by atoms with Crippen LogP contribution in [-0.2, 0) is 0 Å². The van der Waals surface area contributed by atoms with Gasteiger partial charge in [0.15, 0.2) is 12.0 Å². The molecule has 1 fully saturated rings. The van der Waals surface area contributed by atoms with Crippen molar-refractivity contribution >= 4 is 5.91 Å². The van der Waals surface area contributed by atoms with Gasteiger partial charge in [-0.15, -0.1) is 5.10 Å². The second-order valence-corrected chi connectivity index (χ2v) is 5.51. The van der Waals surface area contributed by atoms with Gasteiger partial charge in [-0.05, 0) is 12.0 Å². The van der Waals surface area contributed by atoms with Crippen molar-refractivity contribution in [1.29, 1.82) is 0 Å². The van der Waals surface area contributed by atoms with E-state index in [9.17, 15) is 9.18 Å². The van der Waals surface area contributed by atoms with Crippen LogP contribution in [0.1, 0.15) is 47.1 Å². The molecule has 2 aromatic rings. The number of aromatic nitrogens is 3. The monoisotopic (exact) mass is 286 g/mol. The van der Waals surface area contributed by atoms with Gasteiger partial charge < -0.3 is 4.90 Å². The maximum Gasteiger partial charge on any atom is 0.293 e. The molecule has 0 saturated carbocycles. The SMILES string of the molecule is O=C(c1nc2n(n1)C(c1ccccc1)CC2F)N1CCC1. The molecule has 21 heavy (non-hydrogen) atoms. The van der Waals surface area contributed by atoms with Gasteiger partial charge in [0.1, 0.15) is 0 Å². The van der Waals surface area contributed by atoms with Crippen molar-refractivity contribution in [3.8, 4) is 0 Å². The zero-order chi connectivity index (χ0) is 14.4. The summed E-state index contributed by atoms with van der Waals surface area (Å²) in [5.74, 6) is 0.197. The molecule has 2 unspecified atom stereocenters. The van der Waals surface area contributed by atoms with E-state index in [-0.39, 0.29) is 23.6 Å². The summed E-state index contributed by atoms with van der Waals surface area (Å²) in [6.45, 7) is 1.48. The van der Waals surface area contributed by atoms with E-state index >= 15 is 0 Å². The normalized spacial score (nSPS) is 23.8. The lowest BCUT2D eigenvalue weighted by Gasteiger charge is -2.29. The van der Waals surface area contributed by atoms with Crippen molar-refractivity contribution in [2.45, 2.75) is 25.1 Å². The average molecular weight is 286 g/mol. The summed E-state index contributed by atoms with van der Waals surface area (Å²) in [5.41, 5.74) is 0.992. The van der Waals surface area contributed by atoms with E-state index in [4.69, 9.17) is 0 Å². The Morgan fingerprint density at radius 2 is 2.00 bits per heavy atom. The van der Waals surface area contributed by atoms with Gasteiger partial charge in [0.05, 0.1) is 6.04 Å². The molecule has 1 aromatic heterocycles. The molecule has 2 aliphatic rings. The van der Waals surface area contributed by atoms with E-state index in [1.807, 2.05) is 30.3 Å². The van der Waals surface area contributed by atoms with E-state index in [0.29, 0.717) is 6.42 Å².